The Morgan fingerprint density at radius 3 is 2.68 bits per heavy atom. The molecule has 1 aliphatic rings. The molecule has 0 bridgehead atoms. The molecule has 1 N–H and O–H groups in total. The summed E-state index contributed by atoms with van der Waals surface area (Å²) in [5.74, 6) is 0.892. The summed E-state index contributed by atoms with van der Waals surface area (Å²) in [4.78, 5) is 11.1. The maximum atomic E-state index is 9.59. The lowest BCUT2D eigenvalue weighted by atomic mass is 10.1. The number of anilines is 1. The van der Waals surface area contributed by atoms with E-state index in [9.17, 15) is 5.11 Å². The molecule has 1 saturated heterocycles. The molecule has 1 fully saturated rings. The minimum atomic E-state index is -0.151. The fourth-order valence-corrected chi connectivity index (χ4v) is 3.01. The summed E-state index contributed by atoms with van der Waals surface area (Å²) in [6, 6.07) is 8.20. The fourth-order valence-electron chi connectivity index (χ4n) is 3.01. The van der Waals surface area contributed by atoms with Gasteiger partial charge < -0.3 is 10.0 Å². The van der Waals surface area contributed by atoms with Crippen molar-refractivity contribution in [3.05, 3.63) is 49.1 Å². The van der Waals surface area contributed by atoms with Gasteiger partial charge in [-0.2, -0.15) is 0 Å². The van der Waals surface area contributed by atoms with Crippen LogP contribution in [-0.4, -0.2) is 38.8 Å². The Bertz CT molecular complexity index is 773. The van der Waals surface area contributed by atoms with E-state index in [1.54, 1.807) is 6.20 Å². The van der Waals surface area contributed by atoms with Crippen LogP contribution in [0.1, 0.15) is 12.8 Å². The summed E-state index contributed by atoms with van der Waals surface area (Å²) in [7, 11) is 0. The highest BCUT2D eigenvalue weighted by Gasteiger charge is 2.17. The predicted molar refractivity (Wildman–Crippen MR) is 86.3 cm³/mol. The zero-order valence-corrected chi connectivity index (χ0v) is 12.3. The molecule has 3 aromatic rings. The summed E-state index contributed by atoms with van der Waals surface area (Å²) in [6.45, 7) is 1.77. The Labute approximate surface area is 128 Å². The number of aliphatic hydroxyl groups excluding tert-OH is 1. The van der Waals surface area contributed by atoms with Gasteiger partial charge in [-0.25, -0.2) is 4.98 Å². The Hall–Kier alpha value is -2.40. The topological polar surface area (TPSA) is 54.2 Å². The second-order valence-electron chi connectivity index (χ2n) is 5.71. The maximum absolute atomic E-state index is 9.59. The van der Waals surface area contributed by atoms with Crippen LogP contribution in [0.3, 0.4) is 0 Å². The molecule has 22 heavy (non-hydrogen) atoms. The molecule has 0 radical (unpaired) electrons. The lowest BCUT2D eigenvalue weighted by molar-refractivity contribution is 0.145. The monoisotopic (exact) mass is 294 g/mol. The van der Waals surface area contributed by atoms with Crippen molar-refractivity contribution in [1.82, 2.24) is 14.5 Å². The zero-order chi connectivity index (χ0) is 14.9. The third-order valence-corrected chi connectivity index (χ3v) is 4.30. The highest BCUT2D eigenvalue weighted by Crippen LogP contribution is 2.22. The number of hydrogen-bond donors (Lipinski definition) is 1. The van der Waals surface area contributed by atoms with Gasteiger partial charge in [-0.3, -0.25) is 9.55 Å². The van der Waals surface area contributed by atoms with Gasteiger partial charge in [0.2, 0.25) is 0 Å². The molecule has 0 spiro atoms. The predicted octanol–water partition coefficient (Wildman–Crippen LogP) is 2.38. The molecule has 0 amide bonds. The zero-order valence-electron chi connectivity index (χ0n) is 12.3. The molecule has 3 aromatic heterocycles. The second-order valence-corrected chi connectivity index (χ2v) is 5.71. The molecule has 0 saturated carbocycles. The van der Waals surface area contributed by atoms with Crippen molar-refractivity contribution in [3.63, 3.8) is 0 Å². The van der Waals surface area contributed by atoms with Crippen LogP contribution >= 0.6 is 0 Å². The fraction of sp³-hybridized carbons (Fsp3) is 0.294. The van der Waals surface area contributed by atoms with Crippen LogP contribution in [0.25, 0.3) is 16.7 Å². The molecule has 0 unspecified atom stereocenters. The van der Waals surface area contributed by atoms with E-state index in [-0.39, 0.29) is 6.10 Å². The summed E-state index contributed by atoms with van der Waals surface area (Å²) >= 11 is 0. The molecule has 0 aromatic carbocycles. The van der Waals surface area contributed by atoms with Crippen molar-refractivity contribution in [3.8, 4) is 5.82 Å². The number of pyridine rings is 2. The average Bonchev–Trinajstić information content (AvgIpc) is 3.00. The van der Waals surface area contributed by atoms with E-state index in [1.807, 2.05) is 35.3 Å². The molecule has 5 nitrogen and oxygen atoms in total. The average molecular weight is 294 g/mol. The van der Waals surface area contributed by atoms with Crippen LogP contribution in [0.2, 0.25) is 0 Å². The van der Waals surface area contributed by atoms with Crippen molar-refractivity contribution < 1.29 is 5.11 Å². The third kappa shape index (κ3) is 2.33. The summed E-state index contributed by atoms with van der Waals surface area (Å²) in [5, 5.41) is 10.8. The van der Waals surface area contributed by atoms with Crippen molar-refractivity contribution in [1.29, 1.82) is 0 Å². The summed E-state index contributed by atoms with van der Waals surface area (Å²) in [5.41, 5.74) is 2.18. The van der Waals surface area contributed by atoms with E-state index in [0.717, 1.165) is 48.3 Å². The first kappa shape index (κ1) is 13.3. The van der Waals surface area contributed by atoms with Crippen LogP contribution in [0, 0.1) is 0 Å². The largest absolute Gasteiger partial charge is 0.393 e. The van der Waals surface area contributed by atoms with Crippen molar-refractivity contribution >= 4 is 16.6 Å². The highest BCUT2D eigenvalue weighted by atomic mass is 16.3. The number of fused-ring (bicyclic) bond motifs is 1. The van der Waals surface area contributed by atoms with Crippen LogP contribution in [0.15, 0.2) is 49.1 Å². The smallest absolute Gasteiger partial charge is 0.137 e. The first-order valence-electron chi connectivity index (χ1n) is 7.62. The quantitative estimate of drug-likeness (QED) is 0.788. The Morgan fingerprint density at radius 1 is 1.05 bits per heavy atom. The number of piperidine rings is 1. The van der Waals surface area contributed by atoms with E-state index in [1.165, 1.54) is 0 Å². The lowest BCUT2D eigenvalue weighted by Crippen LogP contribution is -2.35. The van der Waals surface area contributed by atoms with Gasteiger partial charge in [0.1, 0.15) is 5.82 Å². The Balaban J connectivity index is 1.62. The molecule has 4 rings (SSSR count). The van der Waals surface area contributed by atoms with Crippen LogP contribution in [0.5, 0.6) is 0 Å². The summed E-state index contributed by atoms with van der Waals surface area (Å²) in [6.07, 6.45) is 9.10. The second kappa shape index (κ2) is 5.42. The number of hydrogen-bond acceptors (Lipinski definition) is 4. The number of aromatic nitrogens is 3. The third-order valence-electron chi connectivity index (χ3n) is 4.30. The standard InChI is InChI=1S/C17H18N4O/c22-15-5-8-20(9-6-15)14-1-2-17(19-11-14)21-10-4-13-3-7-18-12-16(13)21/h1-4,7,10-12,15,22H,5-6,8-9H2. The van der Waals surface area contributed by atoms with E-state index in [0.29, 0.717) is 0 Å². The Kier molecular flexibility index (Phi) is 3.27. The first-order chi connectivity index (χ1) is 10.8. The van der Waals surface area contributed by atoms with E-state index in [4.69, 9.17) is 0 Å². The van der Waals surface area contributed by atoms with Crippen molar-refractivity contribution in [2.45, 2.75) is 18.9 Å². The van der Waals surface area contributed by atoms with Gasteiger partial charge in [-0.1, -0.05) is 0 Å². The van der Waals surface area contributed by atoms with E-state index < -0.39 is 0 Å². The molecular weight excluding hydrogens is 276 g/mol. The molecule has 0 atom stereocenters. The number of aliphatic hydroxyl groups is 1. The van der Waals surface area contributed by atoms with Gasteiger partial charge in [0.25, 0.3) is 0 Å². The molecule has 112 valence electrons. The van der Waals surface area contributed by atoms with Gasteiger partial charge in [-0.15, -0.1) is 0 Å². The SMILES string of the molecule is OC1CCN(c2ccc(-n3ccc4ccncc43)nc2)CC1. The minimum Gasteiger partial charge on any atom is -0.393 e. The molecule has 5 heteroatoms. The van der Waals surface area contributed by atoms with Crippen molar-refractivity contribution in [2.75, 3.05) is 18.0 Å². The normalized spacial score (nSPS) is 16.3. The number of nitrogens with zero attached hydrogens (tertiary/aromatic N) is 4. The molecule has 1 aliphatic heterocycles. The van der Waals surface area contributed by atoms with Crippen LogP contribution in [0.4, 0.5) is 5.69 Å². The van der Waals surface area contributed by atoms with Crippen LogP contribution in [-0.2, 0) is 0 Å². The Morgan fingerprint density at radius 2 is 1.91 bits per heavy atom. The maximum Gasteiger partial charge on any atom is 0.137 e. The molecule has 4 heterocycles. The van der Waals surface area contributed by atoms with Gasteiger partial charge >= 0.3 is 0 Å². The first-order valence-corrected chi connectivity index (χ1v) is 7.62. The highest BCUT2D eigenvalue weighted by molar-refractivity contribution is 5.80. The van der Waals surface area contributed by atoms with Gasteiger partial charge in [-0.05, 0) is 37.1 Å². The molecular formula is C17H18N4O. The van der Waals surface area contributed by atoms with Gasteiger partial charge in [0, 0.05) is 30.9 Å². The minimum absolute atomic E-state index is 0.151. The van der Waals surface area contributed by atoms with Gasteiger partial charge in [0.15, 0.2) is 0 Å². The van der Waals surface area contributed by atoms with E-state index in [2.05, 4.69) is 27.0 Å². The molecule has 0 aliphatic carbocycles. The lowest BCUT2D eigenvalue weighted by Gasteiger charge is -2.31. The summed E-state index contributed by atoms with van der Waals surface area (Å²) < 4.78 is 2.05. The van der Waals surface area contributed by atoms with E-state index >= 15 is 0 Å². The number of rotatable bonds is 2. The van der Waals surface area contributed by atoms with Gasteiger partial charge in [0.05, 0.1) is 29.7 Å². The van der Waals surface area contributed by atoms with Crippen LogP contribution < -0.4 is 4.90 Å². The van der Waals surface area contributed by atoms with Crippen molar-refractivity contribution in [2.24, 2.45) is 0 Å².